The van der Waals surface area contributed by atoms with E-state index in [0.29, 0.717) is 37.9 Å². The number of aryl methyl sites for hydroxylation is 2. The van der Waals surface area contributed by atoms with Crippen molar-refractivity contribution in [3.63, 3.8) is 0 Å². The zero-order valence-corrected chi connectivity index (χ0v) is 15.3. The number of carbonyl (C=O) groups excluding carboxylic acids is 1. The van der Waals surface area contributed by atoms with E-state index < -0.39 is 0 Å². The first-order chi connectivity index (χ1) is 13.0. The molecule has 0 spiro atoms. The minimum atomic E-state index is 0.0732. The van der Waals surface area contributed by atoms with Gasteiger partial charge in [-0.05, 0) is 19.9 Å². The molecule has 0 aliphatic carbocycles. The Hall–Kier alpha value is -3.30. The largest absolute Gasteiger partial charge is 0.366 e. The quantitative estimate of drug-likeness (QED) is 0.687. The number of rotatable bonds is 3. The van der Waals surface area contributed by atoms with Gasteiger partial charge in [-0.25, -0.2) is 15.0 Å². The summed E-state index contributed by atoms with van der Waals surface area (Å²) < 4.78 is 1.59. The van der Waals surface area contributed by atoms with Gasteiger partial charge in [-0.3, -0.25) is 4.79 Å². The third-order valence-corrected chi connectivity index (χ3v) is 4.86. The van der Waals surface area contributed by atoms with Crippen LogP contribution in [0, 0.1) is 13.8 Å². The summed E-state index contributed by atoms with van der Waals surface area (Å²) in [5, 5.41) is 4.15. The Morgan fingerprint density at radius 2 is 1.81 bits per heavy atom. The van der Waals surface area contributed by atoms with E-state index in [0.717, 1.165) is 17.0 Å². The maximum absolute atomic E-state index is 12.8. The molecule has 140 valence electrons. The molecule has 10 heteroatoms. The minimum Gasteiger partial charge on any atom is -0.366 e. The Kier molecular flexibility index (Phi) is 4.30. The van der Waals surface area contributed by atoms with Crippen LogP contribution < -0.4 is 10.6 Å². The van der Waals surface area contributed by atoms with E-state index in [2.05, 4.69) is 29.9 Å². The highest BCUT2D eigenvalue weighted by molar-refractivity contribution is 5.79. The SMILES string of the molecule is Cc1nc2nc(N)nn2c(C)c1CC(=O)N1CCN(c2ncccn2)CC1. The van der Waals surface area contributed by atoms with Crippen molar-refractivity contribution in [3.8, 4) is 0 Å². The number of hydrogen-bond donors (Lipinski definition) is 1. The van der Waals surface area contributed by atoms with Crippen LogP contribution in [0.5, 0.6) is 0 Å². The van der Waals surface area contributed by atoms with E-state index in [-0.39, 0.29) is 18.3 Å². The lowest BCUT2D eigenvalue weighted by Gasteiger charge is -2.34. The Bertz CT molecular complexity index is 977. The van der Waals surface area contributed by atoms with Crippen molar-refractivity contribution in [1.82, 2.24) is 34.4 Å². The maximum atomic E-state index is 12.8. The predicted molar refractivity (Wildman–Crippen MR) is 99.2 cm³/mol. The molecule has 1 aliphatic rings. The third kappa shape index (κ3) is 3.25. The maximum Gasteiger partial charge on any atom is 0.254 e. The molecule has 3 aromatic rings. The highest BCUT2D eigenvalue weighted by atomic mass is 16.2. The first kappa shape index (κ1) is 17.1. The standard InChI is InChI=1S/C17H21N9O/c1-11-13(12(2)26-17(21-11)22-15(18)23-26)10-14(27)24-6-8-25(9-7-24)16-19-4-3-5-20-16/h3-5H,6-10H2,1-2H3,(H2,18,23). The Morgan fingerprint density at radius 1 is 1.11 bits per heavy atom. The average molecular weight is 367 g/mol. The van der Waals surface area contributed by atoms with Gasteiger partial charge in [0.25, 0.3) is 5.78 Å². The van der Waals surface area contributed by atoms with Crippen LogP contribution in [-0.2, 0) is 11.2 Å². The first-order valence-electron chi connectivity index (χ1n) is 8.81. The van der Waals surface area contributed by atoms with E-state index in [9.17, 15) is 4.79 Å². The van der Waals surface area contributed by atoms with Crippen molar-refractivity contribution in [1.29, 1.82) is 0 Å². The first-order valence-corrected chi connectivity index (χ1v) is 8.81. The van der Waals surface area contributed by atoms with E-state index in [1.165, 1.54) is 0 Å². The molecule has 4 heterocycles. The summed E-state index contributed by atoms with van der Waals surface area (Å²) in [7, 11) is 0. The predicted octanol–water partition coefficient (Wildman–Crippen LogP) is 0.00464. The Morgan fingerprint density at radius 3 is 2.52 bits per heavy atom. The summed E-state index contributed by atoms with van der Waals surface area (Å²) in [5.41, 5.74) is 8.15. The molecule has 0 unspecified atom stereocenters. The highest BCUT2D eigenvalue weighted by Crippen LogP contribution is 2.17. The second-order valence-electron chi connectivity index (χ2n) is 6.54. The number of aromatic nitrogens is 6. The number of piperazine rings is 1. The number of nitrogens with zero attached hydrogens (tertiary/aromatic N) is 8. The lowest BCUT2D eigenvalue weighted by Crippen LogP contribution is -2.49. The van der Waals surface area contributed by atoms with Crippen LogP contribution in [0.25, 0.3) is 5.78 Å². The molecule has 1 aliphatic heterocycles. The molecule has 0 saturated carbocycles. The number of amides is 1. The summed E-state index contributed by atoms with van der Waals surface area (Å²) in [6.45, 7) is 6.49. The third-order valence-electron chi connectivity index (χ3n) is 4.86. The molecule has 2 N–H and O–H groups in total. The molecule has 0 aromatic carbocycles. The molecule has 0 radical (unpaired) electrons. The van der Waals surface area contributed by atoms with Gasteiger partial charge in [0.2, 0.25) is 17.8 Å². The van der Waals surface area contributed by atoms with Crippen LogP contribution in [-0.4, -0.2) is 66.5 Å². The van der Waals surface area contributed by atoms with E-state index >= 15 is 0 Å². The molecule has 3 aromatic heterocycles. The van der Waals surface area contributed by atoms with Gasteiger partial charge in [-0.15, -0.1) is 5.10 Å². The molecule has 27 heavy (non-hydrogen) atoms. The van der Waals surface area contributed by atoms with Gasteiger partial charge in [0.15, 0.2) is 0 Å². The van der Waals surface area contributed by atoms with Gasteiger partial charge in [-0.2, -0.15) is 9.50 Å². The second kappa shape index (κ2) is 6.78. The van der Waals surface area contributed by atoms with E-state index in [4.69, 9.17) is 5.73 Å². The molecular weight excluding hydrogens is 346 g/mol. The van der Waals surface area contributed by atoms with Gasteiger partial charge < -0.3 is 15.5 Å². The van der Waals surface area contributed by atoms with Crippen LogP contribution in [0.3, 0.4) is 0 Å². The van der Waals surface area contributed by atoms with Gasteiger partial charge in [0.05, 0.1) is 6.42 Å². The van der Waals surface area contributed by atoms with Crippen molar-refractivity contribution in [2.75, 3.05) is 36.8 Å². The summed E-state index contributed by atoms with van der Waals surface area (Å²) in [6, 6.07) is 1.79. The van der Waals surface area contributed by atoms with Gasteiger partial charge in [0, 0.05) is 55.5 Å². The minimum absolute atomic E-state index is 0.0732. The number of nitrogens with two attached hydrogens (primary N) is 1. The summed E-state index contributed by atoms with van der Waals surface area (Å²) in [6.07, 6.45) is 3.74. The number of fused-ring (bicyclic) bond motifs is 1. The van der Waals surface area contributed by atoms with Crippen LogP contribution in [0.4, 0.5) is 11.9 Å². The topological polar surface area (TPSA) is 118 Å². The molecule has 1 saturated heterocycles. The van der Waals surface area contributed by atoms with Crippen LogP contribution in [0.15, 0.2) is 18.5 Å². The summed E-state index contributed by atoms with van der Waals surface area (Å²) in [4.78, 5) is 33.8. The molecule has 0 atom stereocenters. The van der Waals surface area contributed by atoms with Gasteiger partial charge in [-0.1, -0.05) is 0 Å². The number of carbonyl (C=O) groups is 1. The monoisotopic (exact) mass is 367 g/mol. The number of anilines is 2. The fraction of sp³-hybridized carbons (Fsp3) is 0.412. The van der Waals surface area contributed by atoms with Crippen molar-refractivity contribution >= 4 is 23.6 Å². The Balaban J connectivity index is 1.46. The number of hydrogen-bond acceptors (Lipinski definition) is 8. The molecular formula is C17H21N9O. The highest BCUT2D eigenvalue weighted by Gasteiger charge is 2.24. The van der Waals surface area contributed by atoms with Crippen LogP contribution >= 0.6 is 0 Å². The summed E-state index contributed by atoms with van der Waals surface area (Å²) in [5.74, 6) is 1.40. The van der Waals surface area contributed by atoms with Crippen LogP contribution in [0.2, 0.25) is 0 Å². The molecule has 1 fully saturated rings. The van der Waals surface area contributed by atoms with Crippen molar-refractivity contribution < 1.29 is 4.79 Å². The van der Waals surface area contributed by atoms with Crippen molar-refractivity contribution in [3.05, 3.63) is 35.4 Å². The zero-order chi connectivity index (χ0) is 19.0. The lowest BCUT2D eigenvalue weighted by atomic mass is 10.1. The Labute approximate surface area is 156 Å². The number of nitrogen functional groups attached to an aromatic ring is 1. The lowest BCUT2D eigenvalue weighted by molar-refractivity contribution is -0.130. The van der Waals surface area contributed by atoms with Crippen molar-refractivity contribution in [2.45, 2.75) is 20.3 Å². The molecule has 0 bridgehead atoms. The molecule has 1 amide bonds. The fourth-order valence-corrected chi connectivity index (χ4v) is 3.35. The van der Waals surface area contributed by atoms with Gasteiger partial charge in [0.1, 0.15) is 0 Å². The van der Waals surface area contributed by atoms with Gasteiger partial charge >= 0.3 is 0 Å². The molecule has 4 rings (SSSR count). The smallest absolute Gasteiger partial charge is 0.254 e. The van der Waals surface area contributed by atoms with Crippen LogP contribution in [0.1, 0.15) is 17.0 Å². The zero-order valence-electron chi connectivity index (χ0n) is 15.3. The second-order valence-corrected chi connectivity index (χ2v) is 6.54. The fourth-order valence-electron chi connectivity index (χ4n) is 3.35. The van der Waals surface area contributed by atoms with Crippen molar-refractivity contribution in [2.24, 2.45) is 0 Å². The van der Waals surface area contributed by atoms with E-state index in [1.807, 2.05) is 18.7 Å². The summed E-state index contributed by atoms with van der Waals surface area (Å²) >= 11 is 0. The molecule has 10 nitrogen and oxygen atoms in total. The average Bonchev–Trinajstić information content (AvgIpc) is 3.06. The normalized spacial score (nSPS) is 14.7. The van der Waals surface area contributed by atoms with E-state index in [1.54, 1.807) is 23.0 Å².